The number of para-hydroxylation sites is 1. The molecule has 1 saturated carbocycles. The number of benzene rings is 2. The zero-order chi connectivity index (χ0) is 27.2. The Morgan fingerprint density at radius 2 is 1.85 bits per heavy atom. The molecule has 2 heterocycles. The first-order chi connectivity index (χ1) is 18.9. The first kappa shape index (κ1) is 26.1. The summed E-state index contributed by atoms with van der Waals surface area (Å²) < 4.78 is 19.6. The third-order valence-corrected chi connectivity index (χ3v) is 7.00. The molecule has 5 rings (SSSR count). The Labute approximate surface area is 223 Å². The normalized spacial score (nSPS) is 18.5. The second-order valence-electron chi connectivity index (χ2n) is 9.74. The Morgan fingerprint density at radius 3 is 2.62 bits per heavy atom. The molecule has 2 aliphatic rings. The molecule has 39 heavy (non-hydrogen) atoms. The number of halogens is 1. The summed E-state index contributed by atoms with van der Waals surface area (Å²) in [6.45, 7) is 0.921. The second-order valence-corrected chi connectivity index (χ2v) is 9.74. The minimum absolute atomic E-state index is 0.0988. The van der Waals surface area contributed by atoms with Crippen LogP contribution in [0.15, 0.2) is 42.5 Å². The molecule has 13 heteroatoms. The molecular formula is C26H29FN8O4. The van der Waals surface area contributed by atoms with Crippen LogP contribution in [0, 0.1) is 11.7 Å². The van der Waals surface area contributed by atoms with E-state index in [1.165, 1.54) is 12.1 Å². The fourth-order valence-corrected chi connectivity index (χ4v) is 4.96. The van der Waals surface area contributed by atoms with Crippen LogP contribution in [0.5, 0.6) is 0 Å². The van der Waals surface area contributed by atoms with E-state index in [9.17, 15) is 18.8 Å². The zero-order valence-corrected chi connectivity index (χ0v) is 21.2. The summed E-state index contributed by atoms with van der Waals surface area (Å²) in [5.41, 5.74) is 2.70. The van der Waals surface area contributed by atoms with E-state index in [1.807, 2.05) is 12.1 Å². The van der Waals surface area contributed by atoms with E-state index >= 15 is 0 Å². The van der Waals surface area contributed by atoms with Gasteiger partial charge in [0, 0.05) is 25.2 Å². The Bertz CT molecular complexity index is 1330. The Morgan fingerprint density at radius 1 is 1.03 bits per heavy atom. The van der Waals surface area contributed by atoms with E-state index in [0.717, 1.165) is 24.0 Å². The van der Waals surface area contributed by atoms with Crippen LogP contribution in [-0.2, 0) is 22.5 Å². The average Bonchev–Trinajstić information content (AvgIpc) is 3.43. The van der Waals surface area contributed by atoms with Crippen molar-refractivity contribution < 1.29 is 23.5 Å². The summed E-state index contributed by atoms with van der Waals surface area (Å²) in [6, 6.07) is 10.9. The van der Waals surface area contributed by atoms with Crippen LogP contribution in [0.1, 0.15) is 43.2 Å². The Balaban J connectivity index is 1.06. The highest BCUT2D eigenvalue weighted by atomic mass is 19.1. The number of H-pyrrole nitrogens is 1. The minimum atomic E-state index is -0.538. The molecule has 0 bridgehead atoms. The average molecular weight is 537 g/mol. The summed E-state index contributed by atoms with van der Waals surface area (Å²) in [5.74, 6) is -0.217. The molecule has 12 nitrogen and oxygen atoms in total. The van der Waals surface area contributed by atoms with Crippen molar-refractivity contribution in [2.24, 2.45) is 5.92 Å². The fraction of sp³-hybridized carbons (Fsp3) is 0.385. The van der Waals surface area contributed by atoms with Crippen LogP contribution in [-0.4, -0.2) is 56.2 Å². The molecule has 0 unspecified atom stereocenters. The zero-order valence-electron chi connectivity index (χ0n) is 21.2. The number of amides is 4. The molecule has 0 spiro atoms. The van der Waals surface area contributed by atoms with E-state index in [-0.39, 0.29) is 35.7 Å². The second kappa shape index (κ2) is 11.9. The molecule has 2 aromatic carbocycles. The summed E-state index contributed by atoms with van der Waals surface area (Å²) in [4.78, 5) is 39.0. The number of aromatic nitrogens is 4. The maximum atomic E-state index is 13.8. The van der Waals surface area contributed by atoms with E-state index in [1.54, 1.807) is 23.1 Å². The van der Waals surface area contributed by atoms with E-state index in [0.29, 0.717) is 44.5 Å². The lowest BCUT2D eigenvalue weighted by molar-refractivity contribution is -0.117. The molecule has 0 radical (unpaired) electrons. The molecule has 1 aromatic heterocycles. The van der Waals surface area contributed by atoms with Crippen molar-refractivity contribution in [2.45, 2.75) is 51.2 Å². The Kier molecular flexibility index (Phi) is 7.94. The van der Waals surface area contributed by atoms with Gasteiger partial charge in [0.2, 0.25) is 11.9 Å². The number of nitrogens with one attached hydrogen (secondary N) is 4. The molecule has 4 N–H and O–H groups in total. The van der Waals surface area contributed by atoms with Crippen LogP contribution in [0.2, 0.25) is 0 Å². The van der Waals surface area contributed by atoms with Crippen molar-refractivity contribution in [3.8, 4) is 0 Å². The van der Waals surface area contributed by atoms with Crippen LogP contribution in [0.25, 0.3) is 0 Å². The predicted octanol–water partition coefficient (Wildman–Crippen LogP) is 4.07. The van der Waals surface area contributed by atoms with Gasteiger partial charge in [0.25, 0.3) is 0 Å². The van der Waals surface area contributed by atoms with Crippen LogP contribution in [0.4, 0.5) is 31.3 Å². The number of urea groups is 1. The van der Waals surface area contributed by atoms with E-state index < -0.39 is 11.8 Å². The summed E-state index contributed by atoms with van der Waals surface area (Å²) in [5, 5.41) is 20.8. The molecule has 3 aromatic rings. The number of aromatic amines is 1. The van der Waals surface area contributed by atoms with Crippen molar-refractivity contribution in [1.82, 2.24) is 25.5 Å². The molecule has 0 atom stereocenters. The van der Waals surface area contributed by atoms with Gasteiger partial charge < -0.3 is 20.3 Å². The van der Waals surface area contributed by atoms with Gasteiger partial charge >= 0.3 is 12.1 Å². The van der Waals surface area contributed by atoms with Gasteiger partial charge in [0.05, 0.1) is 5.69 Å². The van der Waals surface area contributed by atoms with Crippen molar-refractivity contribution in [3.63, 3.8) is 0 Å². The molecule has 204 valence electrons. The third-order valence-electron chi connectivity index (χ3n) is 7.00. The summed E-state index contributed by atoms with van der Waals surface area (Å²) >= 11 is 0. The molecule has 0 saturated heterocycles. The largest absolute Gasteiger partial charge is 0.446 e. The quantitative estimate of drug-likeness (QED) is 0.370. The fourth-order valence-electron chi connectivity index (χ4n) is 4.96. The first-order valence-corrected chi connectivity index (χ1v) is 12.9. The number of hydrogen-bond acceptors (Lipinski definition) is 7. The van der Waals surface area contributed by atoms with Gasteiger partial charge in [-0.1, -0.05) is 23.3 Å². The van der Waals surface area contributed by atoms with Crippen molar-refractivity contribution in [2.75, 3.05) is 22.5 Å². The maximum absolute atomic E-state index is 13.8. The number of hydrogen-bond donors (Lipinski definition) is 4. The smallest absolute Gasteiger partial charge is 0.410 e. The van der Waals surface area contributed by atoms with Crippen LogP contribution in [0.3, 0.4) is 0 Å². The maximum Gasteiger partial charge on any atom is 0.410 e. The van der Waals surface area contributed by atoms with Crippen molar-refractivity contribution >= 4 is 35.4 Å². The number of fused-ring (bicyclic) bond motifs is 1. The van der Waals surface area contributed by atoms with E-state index in [4.69, 9.17) is 4.74 Å². The monoisotopic (exact) mass is 536 g/mol. The number of carbonyl (C=O) groups excluding carboxylic acids is 3. The van der Waals surface area contributed by atoms with Gasteiger partial charge in [-0.15, -0.1) is 0 Å². The highest BCUT2D eigenvalue weighted by molar-refractivity contribution is 5.99. The number of rotatable bonds is 6. The number of anilines is 3. The lowest BCUT2D eigenvalue weighted by atomic mass is 9.85. The predicted molar refractivity (Wildman–Crippen MR) is 139 cm³/mol. The van der Waals surface area contributed by atoms with Gasteiger partial charge in [-0.2, -0.15) is 0 Å². The van der Waals surface area contributed by atoms with Gasteiger partial charge in [-0.3, -0.25) is 10.1 Å². The van der Waals surface area contributed by atoms with Crippen LogP contribution < -0.4 is 16.0 Å². The number of tetrazole rings is 1. The summed E-state index contributed by atoms with van der Waals surface area (Å²) in [7, 11) is 0. The molecular weight excluding hydrogens is 507 g/mol. The number of nitrogens with zero attached hydrogens (tertiary/aromatic N) is 4. The van der Waals surface area contributed by atoms with Gasteiger partial charge in [-0.25, -0.2) is 19.1 Å². The molecule has 1 aliphatic carbocycles. The molecule has 1 aliphatic heterocycles. The SMILES string of the molecule is O=C(C[C@H]1CC[C@H](OC(=O)N2CCc3cc(NC(=O)Nc4ccccc4F)ccc3C2)CC1)Nc1nnn[nH]1. The minimum Gasteiger partial charge on any atom is -0.446 e. The molecule has 4 amide bonds. The number of carbonyl (C=O) groups is 3. The highest BCUT2D eigenvalue weighted by Gasteiger charge is 2.29. The van der Waals surface area contributed by atoms with Gasteiger partial charge in [-0.05, 0) is 83.8 Å². The lowest BCUT2D eigenvalue weighted by Gasteiger charge is -2.32. The highest BCUT2D eigenvalue weighted by Crippen LogP contribution is 2.30. The Hall–Kier alpha value is -4.55. The topological polar surface area (TPSA) is 154 Å². The van der Waals surface area contributed by atoms with Crippen molar-refractivity contribution in [1.29, 1.82) is 0 Å². The first-order valence-electron chi connectivity index (χ1n) is 12.9. The standard InChI is InChI=1S/C26H29FN8O4/c27-21-3-1-2-4-22(21)29-25(37)28-19-8-7-18-15-35(12-11-17(18)14-19)26(38)39-20-9-5-16(6-10-20)13-23(36)30-24-31-33-34-32-24/h1-4,7-8,14,16,20H,5-6,9-13,15H2,(H2,28,29,37)(H2,30,31,32,33,34,36)/t16-,20-. The molecule has 1 fully saturated rings. The third kappa shape index (κ3) is 6.86. The summed E-state index contributed by atoms with van der Waals surface area (Å²) in [6.07, 6.45) is 3.49. The van der Waals surface area contributed by atoms with Crippen molar-refractivity contribution in [3.05, 3.63) is 59.4 Å². The number of ether oxygens (including phenoxy) is 1. The van der Waals surface area contributed by atoms with Gasteiger partial charge in [0.1, 0.15) is 11.9 Å². The van der Waals surface area contributed by atoms with E-state index in [2.05, 4.69) is 36.6 Å². The lowest BCUT2D eigenvalue weighted by Crippen LogP contribution is -2.39. The van der Waals surface area contributed by atoms with Crippen LogP contribution >= 0.6 is 0 Å². The van der Waals surface area contributed by atoms with Gasteiger partial charge in [0.15, 0.2) is 0 Å².